The number of benzene rings is 1. The average molecular weight is 556 g/mol. The summed E-state index contributed by atoms with van der Waals surface area (Å²) in [6.07, 6.45) is 0.678. The summed E-state index contributed by atoms with van der Waals surface area (Å²) in [5.74, 6) is -1.06. The van der Waals surface area contributed by atoms with Gasteiger partial charge in [0.2, 0.25) is 0 Å². The second-order valence-corrected chi connectivity index (χ2v) is 8.13. The Balaban J connectivity index is 1.93. The number of ether oxygens (including phenoxy) is 1. The van der Waals surface area contributed by atoms with E-state index >= 15 is 0 Å². The number of hydrogen-bond donors (Lipinski definition) is 3. The van der Waals surface area contributed by atoms with Gasteiger partial charge in [-0.05, 0) is 59.6 Å². The molecule has 0 fully saturated rings. The summed E-state index contributed by atoms with van der Waals surface area (Å²) in [5, 5.41) is 7.48. The highest BCUT2D eigenvalue weighted by molar-refractivity contribution is 9.10. The zero-order chi connectivity index (χ0) is 24.1. The van der Waals surface area contributed by atoms with E-state index < -0.39 is 17.9 Å². The molecule has 3 amide bonds. The third-order valence-corrected chi connectivity index (χ3v) is 5.09. The van der Waals surface area contributed by atoms with Gasteiger partial charge in [-0.15, -0.1) is 0 Å². The largest absolute Gasteiger partial charge is 0.449 e. The van der Waals surface area contributed by atoms with E-state index in [1.54, 1.807) is 32.0 Å². The molecule has 13 heteroatoms. The molecule has 2 aromatic heterocycles. The molecule has 1 aromatic carbocycles. The zero-order valence-corrected chi connectivity index (χ0v) is 20.4. The lowest BCUT2D eigenvalue weighted by Gasteiger charge is -2.15. The number of aryl methyl sites for hydroxylation is 1. The Morgan fingerprint density at radius 2 is 1.91 bits per heavy atom. The lowest BCUT2D eigenvalue weighted by atomic mass is 10.1. The van der Waals surface area contributed by atoms with Crippen LogP contribution >= 0.6 is 39.1 Å². The van der Waals surface area contributed by atoms with Crippen molar-refractivity contribution in [1.82, 2.24) is 25.6 Å². The summed E-state index contributed by atoms with van der Waals surface area (Å²) in [6.45, 7) is 3.42. The maximum absolute atomic E-state index is 13.2. The Kier molecular flexibility index (Phi) is 7.90. The van der Waals surface area contributed by atoms with E-state index in [2.05, 4.69) is 42.2 Å². The molecule has 0 spiro atoms. The van der Waals surface area contributed by atoms with E-state index in [4.69, 9.17) is 27.9 Å². The minimum absolute atomic E-state index is 0.0196. The van der Waals surface area contributed by atoms with Crippen molar-refractivity contribution in [3.05, 3.63) is 68.0 Å². The molecule has 0 aliphatic rings. The molecule has 33 heavy (non-hydrogen) atoms. The number of carbonyl (C=O) groups is 3. The average Bonchev–Trinajstić information content (AvgIpc) is 3.15. The molecule has 3 N–H and O–H groups in total. The van der Waals surface area contributed by atoms with Crippen LogP contribution in [0, 0.1) is 6.92 Å². The van der Waals surface area contributed by atoms with Crippen molar-refractivity contribution < 1.29 is 19.1 Å². The summed E-state index contributed by atoms with van der Waals surface area (Å²) >= 11 is 15.6. The lowest BCUT2D eigenvalue weighted by molar-refractivity contribution is 0.0913. The molecule has 0 atom stereocenters. The molecule has 0 saturated heterocycles. The van der Waals surface area contributed by atoms with Crippen LogP contribution in [0.15, 0.2) is 41.1 Å². The Labute approximate surface area is 206 Å². The van der Waals surface area contributed by atoms with Crippen LogP contribution in [0.5, 0.6) is 0 Å². The monoisotopic (exact) mass is 554 g/mol. The molecule has 10 nitrogen and oxygen atoms in total. The fraction of sp³-hybridized carbons (Fsp3) is 0.150. The van der Waals surface area contributed by atoms with Gasteiger partial charge < -0.3 is 10.1 Å². The van der Waals surface area contributed by atoms with Crippen molar-refractivity contribution in [1.29, 1.82) is 0 Å². The van der Waals surface area contributed by atoms with Crippen molar-refractivity contribution in [3.63, 3.8) is 0 Å². The zero-order valence-electron chi connectivity index (χ0n) is 17.3. The number of amides is 3. The molecule has 172 valence electrons. The van der Waals surface area contributed by atoms with E-state index in [0.717, 1.165) is 0 Å². The van der Waals surface area contributed by atoms with E-state index in [9.17, 15) is 14.4 Å². The molecular weight excluding hydrogens is 539 g/mol. The summed E-state index contributed by atoms with van der Waals surface area (Å²) in [6, 6.07) is 7.68. The number of carbonyl (C=O) groups excluding carboxylic acids is 3. The maximum atomic E-state index is 13.2. The maximum Gasteiger partial charge on any atom is 0.426 e. The van der Waals surface area contributed by atoms with Gasteiger partial charge in [0.25, 0.3) is 11.8 Å². The SMILES string of the molecule is CCOC(=O)NNC(=O)c1cc(Cl)cc(C)c1NC(=O)c1cc(Br)nn1-c1ncccc1Cl. The van der Waals surface area contributed by atoms with E-state index in [-0.39, 0.29) is 39.4 Å². The third-order valence-electron chi connectivity index (χ3n) is 4.19. The first kappa shape index (κ1) is 24.5. The Morgan fingerprint density at radius 1 is 1.15 bits per heavy atom. The highest BCUT2D eigenvalue weighted by atomic mass is 79.9. The normalized spacial score (nSPS) is 10.5. The Bertz CT molecular complexity index is 1230. The van der Waals surface area contributed by atoms with Gasteiger partial charge in [0.1, 0.15) is 10.3 Å². The second-order valence-electron chi connectivity index (χ2n) is 6.47. The molecule has 3 aromatic rings. The Morgan fingerprint density at radius 3 is 2.61 bits per heavy atom. The minimum Gasteiger partial charge on any atom is -0.449 e. The van der Waals surface area contributed by atoms with Gasteiger partial charge in [0.15, 0.2) is 5.82 Å². The fourth-order valence-corrected chi connectivity index (χ4v) is 3.67. The highest BCUT2D eigenvalue weighted by Gasteiger charge is 2.22. The van der Waals surface area contributed by atoms with Crippen LogP contribution in [-0.4, -0.2) is 39.3 Å². The number of anilines is 1. The first-order valence-corrected chi connectivity index (χ1v) is 11.0. The number of rotatable bonds is 5. The first-order valence-electron chi connectivity index (χ1n) is 9.42. The number of nitrogens with zero attached hydrogens (tertiary/aromatic N) is 3. The van der Waals surface area contributed by atoms with E-state index in [1.807, 2.05) is 0 Å². The van der Waals surface area contributed by atoms with Gasteiger partial charge in [0.05, 0.1) is 22.9 Å². The van der Waals surface area contributed by atoms with Gasteiger partial charge in [-0.2, -0.15) is 5.10 Å². The van der Waals surface area contributed by atoms with Crippen LogP contribution in [0.1, 0.15) is 33.3 Å². The predicted octanol–water partition coefficient (Wildman–Crippen LogP) is 4.29. The van der Waals surface area contributed by atoms with Gasteiger partial charge in [0, 0.05) is 17.3 Å². The number of halogens is 3. The number of aromatic nitrogens is 3. The molecule has 0 bridgehead atoms. The van der Waals surface area contributed by atoms with Gasteiger partial charge >= 0.3 is 6.09 Å². The number of hydrogen-bond acceptors (Lipinski definition) is 6. The smallest absolute Gasteiger partial charge is 0.426 e. The molecule has 0 aliphatic heterocycles. The van der Waals surface area contributed by atoms with Crippen LogP contribution in [0.2, 0.25) is 10.0 Å². The van der Waals surface area contributed by atoms with Crippen LogP contribution in [0.25, 0.3) is 5.82 Å². The summed E-state index contributed by atoms with van der Waals surface area (Å²) < 4.78 is 6.35. The predicted molar refractivity (Wildman–Crippen MR) is 126 cm³/mol. The molecular formula is C20H17BrCl2N6O4. The standard InChI is InChI=1S/C20H17BrCl2N6O4/c1-3-33-20(32)27-26-18(30)12-8-11(22)7-10(2)16(12)25-19(31)14-9-15(21)28-29(14)17-13(23)5-4-6-24-17/h4-9H,3H2,1-2H3,(H,25,31)(H,26,30)(H,27,32). The lowest BCUT2D eigenvalue weighted by Crippen LogP contribution is -2.42. The number of pyridine rings is 1. The van der Waals surface area contributed by atoms with Crippen molar-refractivity contribution in [3.8, 4) is 5.82 Å². The van der Waals surface area contributed by atoms with E-state index in [1.165, 1.54) is 23.0 Å². The third kappa shape index (κ3) is 5.81. The number of nitrogens with one attached hydrogen (secondary N) is 3. The first-order chi connectivity index (χ1) is 15.7. The van der Waals surface area contributed by atoms with Crippen LogP contribution < -0.4 is 16.2 Å². The van der Waals surface area contributed by atoms with Gasteiger partial charge in [-0.3, -0.25) is 15.0 Å². The summed E-state index contributed by atoms with van der Waals surface area (Å²) in [7, 11) is 0. The van der Waals surface area contributed by atoms with Gasteiger partial charge in [-0.1, -0.05) is 23.2 Å². The highest BCUT2D eigenvalue weighted by Crippen LogP contribution is 2.27. The minimum atomic E-state index is -0.837. The van der Waals surface area contributed by atoms with Crippen LogP contribution in [0.3, 0.4) is 0 Å². The van der Waals surface area contributed by atoms with Crippen molar-refractivity contribution in [2.24, 2.45) is 0 Å². The molecule has 3 rings (SSSR count). The van der Waals surface area contributed by atoms with Crippen LogP contribution in [0.4, 0.5) is 10.5 Å². The topological polar surface area (TPSA) is 127 Å². The molecule has 0 saturated carbocycles. The Hall–Kier alpha value is -3.15. The summed E-state index contributed by atoms with van der Waals surface area (Å²) in [5.41, 5.74) is 5.15. The van der Waals surface area contributed by atoms with Gasteiger partial charge in [-0.25, -0.2) is 19.9 Å². The van der Waals surface area contributed by atoms with Crippen LogP contribution in [-0.2, 0) is 4.74 Å². The molecule has 2 heterocycles. The van der Waals surface area contributed by atoms with Crippen molar-refractivity contribution in [2.45, 2.75) is 13.8 Å². The summed E-state index contributed by atoms with van der Waals surface area (Å²) in [4.78, 5) is 41.5. The van der Waals surface area contributed by atoms with E-state index in [0.29, 0.717) is 10.2 Å². The molecule has 0 aliphatic carbocycles. The second kappa shape index (κ2) is 10.6. The van der Waals surface area contributed by atoms with Crippen molar-refractivity contribution >= 4 is 62.7 Å². The fourth-order valence-electron chi connectivity index (χ4n) is 2.82. The molecule has 0 unspecified atom stereocenters. The van der Waals surface area contributed by atoms with Crippen molar-refractivity contribution in [2.75, 3.05) is 11.9 Å². The molecule has 0 radical (unpaired) electrons. The quantitative estimate of drug-likeness (QED) is 0.403. The number of hydrazine groups is 1.